The minimum Gasteiger partial charge on any atom is -0.478 e. The molecule has 0 saturated heterocycles. The molecule has 9 heteroatoms. The van der Waals surface area contributed by atoms with E-state index in [4.69, 9.17) is 5.11 Å². The quantitative estimate of drug-likeness (QED) is 0.266. The molecule has 0 radical (unpaired) electrons. The fourth-order valence-electron chi connectivity index (χ4n) is 6.80. The van der Waals surface area contributed by atoms with Crippen LogP contribution in [0.25, 0.3) is 17.0 Å². The third-order valence-corrected chi connectivity index (χ3v) is 9.27. The number of fused-ring (bicyclic) bond motifs is 1. The van der Waals surface area contributed by atoms with Gasteiger partial charge in [0.15, 0.2) is 0 Å². The van der Waals surface area contributed by atoms with Gasteiger partial charge < -0.3 is 25.2 Å². The predicted octanol–water partition coefficient (Wildman–Crippen LogP) is 5.86. The summed E-state index contributed by atoms with van der Waals surface area (Å²) < 4.78 is 2.05. The Balaban J connectivity index is 1.41. The van der Waals surface area contributed by atoms with Crippen molar-refractivity contribution in [2.75, 3.05) is 19.4 Å². The zero-order valence-electron chi connectivity index (χ0n) is 25.8. The number of aliphatic carboxylic acids is 1. The number of amides is 3. The second-order valence-electron chi connectivity index (χ2n) is 12.4. The fraction of sp³-hybridized carbons (Fsp3) is 0.429. The van der Waals surface area contributed by atoms with Crippen molar-refractivity contribution in [1.82, 2.24) is 14.8 Å². The summed E-state index contributed by atoms with van der Waals surface area (Å²) in [6.45, 7) is 2.28. The molecule has 0 aliphatic heterocycles. The number of carbonyl (C=O) groups excluding carboxylic acids is 3. The number of aromatic nitrogens is 1. The lowest BCUT2D eigenvalue weighted by Crippen LogP contribution is -2.55. The van der Waals surface area contributed by atoms with Gasteiger partial charge >= 0.3 is 5.97 Å². The fourth-order valence-corrected chi connectivity index (χ4v) is 6.80. The molecule has 3 amide bonds. The molecule has 44 heavy (non-hydrogen) atoms. The second-order valence-corrected chi connectivity index (χ2v) is 12.4. The van der Waals surface area contributed by atoms with Gasteiger partial charge in [-0.3, -0.25) is 14.4 Å². The van der Waals surface area contributed by atoms with Crippen molar-refractivity contribution >= 4 is 46.4 Å². The number of anilines is 1. The van der Waals surface area contributed by atoms with Crippen LogP contribution < -0.4 is 10.6 Å². The molecular formula is C35H42N4O5. The Labute approximate surface area is 258 Å². The monoisotopic (exact) mass is 598 g/mol. The highest BCUT2D eigenvalue weighted by atomic mass is 16.4. The molecule has 0 bridgehead atoms. The van der Waals surface area contributed by atoms with Crippen LogP contribution in [0.2, 0.25) is 0 Å². The molecule has 2 saturated carbocycles. The molecule has 9 nitrogen and oxygen atoms in total. The van der Waals surface area contributed by atoms with E-state index in [-0.39, 0.29) is 24.3 Å². The smallest absolute Gasteiger partial charge is 0.328 e. The summed E-state index contributed by atoms with van der Waals surface area (Å²) in [5, 5.41) is 16.0. The Hall–Kier alpha value is -4.40. The number of carboxylic acids is 1. The molecule has 1 heterocycles. The number of nitrogens with one attached hydrogen (secondary N) is 2. The van der Waals surface area contributed by atoms with Crippen molar-refractivity contribution in [2.24, 2.45) is 0 Å². The lowest BCUT2D eigenvalue weighted by molar-refractivity contribution is -0.131. The van der Waals surface area contributed by atoms with Gasteiger partial charge in [0.25, 0.3) is 5.91 Å². The van der Waals surface area contributed by atoms with Gasteiger partial charge in [-0.2, -0.15) is 0 Å². The first kappa shape index (κ1) is 31.0. The Bertz CT molecular complexity index is 1590. The van der Waals surface area contributed by atoms with Crippen LogP contribution in [0.5, 0.6) is 0 Å². The molecule has 232 valence electrons. The van der Waals surface area contributed by atoms with E-state index in [1.807, 2.05) is 22.8 Å². The first-order valence-corrected chi connectivity index (χ1v) is 15.6. The van der Waals surface area contributed by atoms with Crippen LogP contribution in [-0.2, 0) is 20.9 Å². The number of nitrogens with zero attached hydrogens (tertiary/aromatic N) is 2. The predicted molar refractivity (Wildman–Crippen MR) is 172 cm³/mol. The van der Waals surface area contributed by atoms with Gasteiger partial charge in [-0.15, -0.1) is 0 Å². The Kier molecular flexibility index (Phi) is 9.22. The van der Waals surface area contributed by atoms with Gasteiger partial charge in [-0.05, 0) is 80.0 Å². The largest absolute Gasteiger partial charge is 0.478 e. The van der Waals surface area contributed by atoms with Crippen molar-refractivity contribution < 1.29 is 24.3 Å². The highest BCUT2D eigenvalue weighted by Crippen LogP contribution is 2.40. The molecule has 0 unspecified atom stereocenters. The number of rotatable bonds is 9. The summed E-state index contributed by atoms with van der Waals surface area (Å²) in [4.78, 5) is 52.6. The van der Waals surface area contributed by atoms with E-state index in [1.165, 1.54) is 30.9 Å². The minimum atomic E-state index is -1.04. The van der Waals surface area contributed by atoms with Crippen molar-refractivity contribution in [1.29, 1.82) is 0 Å². The Morgan fingerprint density at radius 2 is 1.66 bits per heavy atom. The molecule has 3 N–H and O–H groups in total. The molecule has 3 aromatic rings. The number of carbonyl (C=O) groups is 4. The number of hydrogen-bond donors (Lipinski definition) is 3. The normalized spacial score (nSPS) is 16.7. The third-order valence-electron chi connectivity index (χ3n) is 9.27. The van der Waals surface area contributed by atoms with Crippen LogP contribution in [0.1, 0.15) is 90.9 Å². The Morgan fingerprint density at radius 3 is 2.30 bits per heavy atom. The van der Waals surface area contributed by atoms with Crippen LogP contribution in [0.15, 0.2) is 48.5 Å². The SMILES string of the molecule is Cc1c(C2CCCCC2)c2ccc(C(=O)NC3(C(=O)Nc4ccc(C=CC(=O)O)cc4)CCCC3)cc2n1CC(=O)N(C)C. The van der Waals surface area contributed by atoms with Crippen LogP contribution in [0.3, 0.4) is 0 Å². The summed E-state index contributed by atoms with van der Waals surface area (Å²) in [6.07, 6.45) is 11.2. The molecule has 2 aromatic carbocycles. The van der Waals surface area contributed by atoms with E-state index in [9.17, 15) is 19.2 Å². The second kappa shape index (κ2) is 13.1. The first-order valence-electron chi connectivity index (χ1n) is 15.6. The average molecular weight is 599 g/mol. The molecule has 5 rings (SSSR count). The standard InChI is InChI=1S/C35H42N4O5/c1-23-32(25-9-5-4-6-10-25)28-17-14-26(21-29(28)39(23)22-30(40)38(2)3)33(43)37-35(19-7-8-20-35)34(44)36-27-15-11-24(12-16-27)13-18-31(41)42/h11-18,21,25H,4-10,19-20,22H2,1-3H3,(H,36,44)(H,37,43)(H,41,42). The van der Waals surface area contributed by atoms with Gasteiger partial charge in [-0.1, -0.05) is 50.3 Å². The highest BCUT2D eigenvalue weighted by Gasteiger charge is 2.42. The van der Waals surface area contributed by atoms with E-state index in [0.29, 0.717) is 35.6 Å². The maximum absolute atomic E-state index is 13.8. The van der Waals surface area contributed by atoms with Gasteiger partial charge in [0.05, 0.1) is 0 Å². The Morgan fingerprint density at radius 1 is 0.977 bits per heavy atom. The summed E-state index contributed by atoms with van der Waals surface area (Å²) in [5.74, 6) is -1.19. The van der Waals surface area contributed by atoms with Gasteiger partial charge in [-0.25, -0.2) is 4.79 Å². The molecule has 1 aromatic heterocycles. The van der Waals surface area contributed by atoms with Crippen molar-refractivity contribution in [3.05, 3.63) is 70.9 Å². The van der Waals surface area contributed by atoms with Crippen LogP contribution in [0.4, 0.5) is 5.69 Å². The zero-order chi connectivity index (χ0) is 31.4. The summed E-state index contributed by atoms with van der Waals surface area (Å²) in [6, 6.07) is 12.6. The van der Waals surface area contributed by atoms with E-state index < -0.39 is 11.5 Å². The molecular weight excluding hydrogens is 556 g/mol. The molecule has 2 aliphatic rings. The summed E-state index contributed by atoms with van der Waals surface area (Å²) in [5.41, 5.74) is 3.91. The molecule has 0 atom stereocenters. The van der Waals surface area contributed by atoms with Crippen LogP contribution in [0, 0.1) is 6.92 Å². The lowest BCUT2D eigenvalue weighted by Gasteiger charge is -2.29. The van der Waals surface area contributed by atoms with Crippen molar-refractivity contribution in [2.45, 2.75) is 82.7 Å². The van der Waals surface area contributed by atoms with Crippen LogP contribution in [-0.4, -0.2) is 57.9 Å². The number of benzene rings is 2. The maximum Gasteiger partial charge on any atom is 0.328 e. The topological polar surface area (TPSA) is 121 Å². The number of carboxylic acid groups (broad SMARTS) is 1. The number of likely N-dealkylation sites (N-methyl/N-ethyl adjacent to an activating group) is 1. The van der Waals surface area contributed by atoms with Gasteiger partial charge in [0.2, 0.25) is 11.8 Å². The van der Waals surface area contributed by atoms with Crippen molar-refractivity contribution in [3.8, 4) is 0 Å². The highest BCUT2D eigenvalue weighted by molar-refractivity contribution is 6.05. The van der Waals surface area contributed by atoms with E-state index in [0.717, 1.165) is 48.4 Å². The number of hydrogen-bond acceptors (Lipinski definition) is 4. The summed E-state index contributed by atoms with van der Waals surface area (Å²) in [7, 11) is 3.50. The van der Waals surface area contributed by atoms with Gasteiger partial charge in [0.1, 0.15) is 12.1 Å². The van der Waals surface area contributed by atoms with Gasteiger partial charge in [0, 0.05) is 48.0 Å². The molecule has 0 spiro atoms. The van der Waals surface area contributed by atoms with E-state index in [1.54, 1.807) is 43.3 Å². The maximum atomic E-state index is 13.8. The minimum absolute atomic E-state index is 0.0115. The zero-order valence-corrected chi connectivity index (χ0v) is 25.8. The van der Waals surface area contributed by atoms with E-state index in [2.05, 4.69) is 17.6 Å². The van der Waals surface area contributed by atoms with Crippen LogP contribution >= 0.6 is 0 Å². The average Bonchev–Trinajstić information content (AvgIpc) is 3.59. The van der Waals surface area contributed by atoms with E-state index >= 15 is 0 Å². The lowest BCUT2D eigenvalue weighted by atomic mass is 9.83. The third kappa shape index (κ3) is 6.56. The first-order chi connectivity index (χ1) is 21.1. The summed E-state index contributed by atoms with van der Waals surface area (Å²) >= 11 is 0. The van der Waals surface area contributed by atoms with Crippen molar-refractivity contribution in [3.63, 3.8) is 0 Å². The molecule has 2 aliphatic carbocycles. The molecule has 2 fully saturated rings.